The molecule has 0 amide bonds. The zero-order chi connectivity index (χ0) is 10.4. The van der Waals surface area contributed by atoms with Crippen molar-refractivity contribution in [3.63, 3.8) is 0 Å². The van der Waals surface area contributed by atoms with Crippen LogP contribution in [0.15, 0.2) is 12.4 Å². The highest BCUT2D eigenvalue weighted by atomic mass is 15.2. The summed E-state index contributed by atoms with van der Waals surface area (Å²) >= 11 is 0. The lowest BCUT2D eigenvalue weighted by Gasteiger charge is -2.15. The lowest BCUT2D eigenvalue weighted by Crippen LogP contribution is -2.08. The lowest BCUT2D eigenvalue weighted by molar-refractivity contribution is 0.481. The van der Waals surface area contributed by atoms with Gasteiger partial charge in [-0.15, -0.1) is 0 Å². The van der Waals surface area contributed by atoms with E-state index in [2.05, 4.69) is 28.7 Å². The molecule has 3 heteroatoms. The quantitative estimate of drug-likeness (QED) is 0.707. The Balaban J connectivity index is 2.47. The summed E-state index contributed by atoms with van der Waals surface area (Å²) in [6.45, 7) is 4.49. The first-order valence-electron chi connectivity index (χ1n) is 5.50. The number of anilines is 1. The monoisotopic (exact) mass is 195 g/mol. The molecule has 1 atom stereocenters. The summed E-state index contributed by atoms with van der Waals surface area (Å²) in [7, 11) is 1.91. The van der Waals surface area contributed by atoms with Gasteiger partial charge in [-0.25, -0.2) is 4.98 Å². The van der Waals surface area contributed by atoms with E-state index in [1.165, 1.54) is 25.7 Å². The Morgan fingerprint density at radius 2 is 2.29 bits per heavy atom. The molecule has 1 N–H and O–H groups in total. The van der Waals surface area contributed by atoms with Crippen LogP contribution in [0.4, 0.5) is 5.95 Å². The summed E-state index contributed by atoms with van der Waals surface area (Å²) in [6, 6.07) is 0.548. The van der Waals surface area contributed by atoms with Crippen LogP contribution in [0, 0.1) is 0 Å². The number of hydrogen-bond acceptors (Lipinski definition) is 2. The molecule has 0 aliphatic rings. The van der Waals surface area contributed by atoms with Crippen LogP contribution >= 0.6 is 0 Å². The number of unbranched alkanes of at least 4 members (excludes halogenated alkanes) is 2. The minimum Gasteiger partial charge on any atom is -0.359 e. The Morgan fingerprint density at radius 1 is 1.50 bits per heavy atom. The van der Waals surface area contributed by atoms with Gasteiger partial charge >= 0.3 is 0 Å². The van der Waals surface area contributed by atoms with E-state index in [-0.39, 0.29) is 0 Å². The van der Waals surface area contributed by atoms with E-state index in [9.17, 15) is 0 Å². The summed E-state index contributed by atoms with van der Waals surface area (Å²) in [5.74, 6) is 0.967. The summed E-state index contributed by atoms with van der Waals surface area (Å²) in [6.07, 6.45) is 9.05. The van der Waals surface area contributed by atoms with Gasteiger partial charge in [-0.05, 0) is 13.3 Å². The Bertz CT molecular complexity index is 255. The van der Waals surface area contributed by atoms with Gasteiger partial charge in [0.25, 0.3) is 0 Å². The van der Waals surface area contributed by atoms with Gasteiger partial charge in [0.05, 0.1) is 0 Å². The highest BCUT2D eigenvalue weighted by Gasteiger charge is 2.07. The Morgan fingerprint density at radius 3 is 2.93 bits per heavy atom. The van der Waals surface area contributed by atoms with Crippen molar-refractivity contribution in [1.82, 2.24) is 9.55 Å². The molecule has 14 heavy (non-hydrogen) atoms. The third-order valence-corrected chi connectivity index (χ3v) is 2.59. The fourth-order valence-corrected chi connectivity index (χ4v) is 1.69. The topological polar surface area (TPSA) is 29.9 Å². The van der Waals surface area contributed by atoms with E-state index in [0.29, 0.717) is 6.04 Å². The first kappa shape index (κ1) is 11.1. The van der Waals surface area contributed by atoms with Crippen LogP contribution in [0.1, 0.15) is 45.6 Å². The maximum Gasteiger partial charge on any atom is 0.202 e. The Hall–Kier alpha value is -0.990. The number of hydrogen-bond donors (Lipinski definition) is 1. The van der Waals surface area contributed by atoms with Gasteiger partial charge in [-0.2, -0.15) is 0 Å². The molecule has 80 valence electrons. The first-order valence-corrected chi connectivity index (χ1v) is 5.50. The van der Waals surface area contributed by atoms with Crippen molar-refractivity contribution in [3.05, 3.63) is 12.4 Å². The molecule has 0 bridgehead atoms. The molecule has 3 nitrogen and oxygen atoms in total. The zero-order valence-corrected chi connectivity index (χ0v) is 9.45. The Labute approximate surface area is 86.5 Å². The lowest BCUT2D eigenvalue weighted by atomic mass is 10.1. The summed E-state index contributed by atoms with van der Waals surface area (Å²) < 4.78 is 2.20. The second-order valence-corrected chi connectivity index (χ2v) is 3.75. The van der Waals surface area contributed by atoms with E-state index >= 15 is 0 Å². The van der Waals surface area contributed by atoms with Crippen molar-refractivity contribution in [3.8, 4) is 0 Å². The van der Waals surface area contributed by atoms with Gasteiger partial charge in [0, 0.05) is 25.5 Å². The molecule has 1 aromatic rings. The summed E-state index contributed by atoms with van der Waals surface area (Å²) in [4.78, 5) is 4.24. The summed E-state index contributed by atoms with van der Waals surface area (Å²) in [5.41, 5.74) is 0. The van der Waals surface area contributed by atoms with Crippen molar-refractivity contribution >= 4 is 5.95 Å². The normalized spacial score (nSPS) is 12.8. The van der Waals surface area contributed by atoms with Crippen LogP contribution in [-0.4, -0.2) is 16.6 Å². The van der Waals surface area contributed by atoms with E-state index < -0.39 is 0 Å². The average Bonchev–Trinajstić information content (AvgIpc) is 2.65. The second-order valence-electron chi connectivity index (χ2n) is 3.75. The van der Waals surface area contributed by atoms with Crippen LogP contribution in [0.5, 0.6) is 0 Å². The standard InChI is InChI=1S/C11H21N3/c1-4-5-6-7-10(2)14-9-8-13-11(14)12-3/h8-10H,4-7H2,1-3H3,(H,12,13). The molecule has 0 radical (unpaired) electrons. The van der Waals surface area contributed by atoms with Gasteiger partial charge in [0.15, 0.2) is 0 Å². The summed E-state index contributed by atoms with van der Waals surface area (Å²) in [5, 5.41) is 3.10. The molecule has 1 rings (SSSR count). The molecular formula is C11H21N3. The number of nitrogens with zero attached hydrogens (tertiary/aromatic N) is 2. The highest BCUT2D eigenvalue weighted by Crippen LogP contribution is 2.18. The van der Waals surface area contributed by atoms with Gasteiger partial charge in [0.2, 0.25) is 5.95 Å². The highest BCUT2D eigenvalue weighted by molar-refractivity contribution is 5.24. The van der Waals surface area contributed by atoms with E-state index in [0.717, 1.165) is 5.95 Å². The SMILES string of the molecule is CCCCCC(C)n1ccnc1NC. The predicted molar refractivity (Wildman–Crippen MR) is 60.6 cm³/mol. The number of imidazole rings is 1. The molecule has 1 aromatic heterocycles. The zero-order valence-electron chi connectivity index (χ0n) is 9.45. The number of rotatable bonds is 6. The van der Waals surface area contributed by atoms with Gasteiger partial charge in [0.1, 0.15) is 0 Å². The smallest absolute Gasteiger partial charge is 0.202 e. The molecule has 0 aliphatic heterocycles. The molecule has 0 spiro atoms. The largest absolute Gasteiger partial charge is 0.359 e. The molecular weight excluding hydrogens is 174 g/mol. The van der Waals surface area contributed by atoms with Crippen molar-refractivity contribution in [2.75, 3.05) is 12.4 Å². The van der Waals surface area contributed by atoms with Crippen molar-refractivity contribution in [2.45, 2.75) is 45.6 Å². The van der Waals surface area contributed by atoms with Crippen LogP contribution in [0.25, 0.3) is 0 Å². The maximum atomic E-state index is 4.24. The van der Waals surface area contributed by atoms with E-state index in [4.69, 9.17) is 0 Å². The van der Waals surface area contributed by atoms with E-state index in [1.807, 2.05) is 19.4 Å². The maximum absolute atomic E-state index is 4.24. The minimum atomic E-state index is 0.548. The van der Waals surface area contributed by atoms with Crippen LogP contribution in [0.2, 0.25) is 0 Å². The molecule has 0 aromatic carbocycles. The van der Waals surface area contributed by atoms with Crippen molar-refractivity contribution < 1.29 is 0 Å². The third-order valence-electron chi connectivity index (χ3n) is 2.59. The van der Waals surface area contributed by atoms with Gasteiger partial charge in [-0.1, -0.05) is 26.2 Å². The first-order chi connectivity index (χ1) is 6.79. The second kappa shape index (κ2) is 5.68. The van der Waals surface area contributed by atoms with Gasteiger partial charge in [-0.3, -0.25) is 0 Å². The van der Waals surface area contributed by atoms with Crippen LogP contribution in [0.3, 0.4) is 0 Å². The number of nitrogens with one attached hydrogen (secondary N) is 1. The van der Waals surface area contributed by atoms with E-state index in [1.54, 1.807) is 0 Å². The Kier molecular flexibility index (Phi) is 4.50. The fraction of sp³-hybridized carbons (Fsp3) is 0.727. The molecule has 1 heterocycles. The van der Waals surface area contributed by atoms with Crippen molar-refractivity contribution in [2.24, 2.45) is 0 Å². The fourth-order valence-electron chi connectivity index (χ4n) is 1.69. The third kappa shape index (κ3) is 2.76. The van der Waals surface area contributed by atoms with Crippen molar-refractivity contribution in [1.29, 1.82) is 0 Å². The van der Waals surface area contributed by atoms with Crippen LogP contribution in [-0.2, 0) is 0 Å². The van der Waals surface area contributed by atoms with Crippen LogP contribution < -0.4 is 5.32 Å². The average molecular weight is 195 g/mol. The molecule has 0 fully saturated rings. The molecule has 0 saturated carbocycles. The molecule has 1 unspecified atom stereocenters. The minimum absolute atomic E-state index is 0.548. The molecule has 0 aliphatic carbocycles. The molecule has 0 saturated heterocycles. The van der Waals surface area contributed by atoms with Gasteiger partial charge < -0.3 is 9.88 Å². The predicted octanol–water partition coefficient (Wildman–Crippen LogP) is 3.07. The number of aromatic nitrogens is 2.